The third-order valence-corrected chi connectivity index (χ3v) is 2.19. The molecule has 0 atom stereocenters. The zero-order valence-corrected chi connectivity index (χ0v) is 10.5. The first-order valence-corrected chi connectivity index (χ1v) is 5.37. The molecular formula is C11H10ClN3O3. The van der Waals surface area contributed by atoms with Gasteiger partial charge in [-0.1, -0.05) is 12.1 Å². The van der Waals surface area contributed by atoms with Gasteiger partial charge in [-0.25, -0.2) is 0 Å². The zero-order valence-electron chi connectivity index (χ0n) is 9.75. The molecule has 0 radical (unpaired) electrons. The van der Waals surface area contributed by atoms with Crippen molar-refractivity contribution >= 4 is 11.6 Å². The van der Waals surface area contributed by atoms with E-state index in [1.807, 2.05) is 6.07 Å². The van der Waals surface area contributed by atoms with Crippen LogP contribution in [0, 0.1) is 0 Å². The molecule has 2 rings (SSSR count). The molecule has 0 unspecified atom stereocenters. The van der Waals surface area contributed by atoms with E-state index in [9.17, 15) is 0 Å². The average molecular weight is 268 g/mol. The highest BCUT2D eigenvalue weighted by Gasteiger charge is 2.10. The second-order valence-corrected chi connectivity index (χ2v) is 3.46. The Morgan fingerprint density at radius 2 is 1.56 bits per heavy atom. The zero-order chi connectivity index (χ0) is 13.0. The smallest absolute Gasteiger partial charge is 0.329 e. The number of benzene rings is 1. The van der Waals surface area contributed by atoms with Crippen molar-refractivity contribution in [2.75, 3.05) is 14.2 Å². The molecule has 0 aliphatic carbocycles. The van der Waals surface area contributed by atoms with Gasteiger partial charge in [-0.3, -0.25) is 0 Å². The van der Waals surface area contributed by atoms with Crippen LogP contribution in [0.2, 0.25) is 5.28 Å². The molecule has 0 N–H and O–H groups in total. The molecule has 0 amide bonds. The summed E-state index contributed by atoms with van der Waals surface area (Å²) in [7, 11) is 2.97. The van der Waals surface area contributed by atoms with Gasteiger partial charge >= 0.3 is 12.0 Å². The van der Waals surface area contributed by atoms with E-state index < -0.39 is 0 Å². The van der Waals surface area contributed by atoms with Gasteiger partial charge in [0.2, 0.25) is 5.28 Å². The van der Waals surface area contributed by atoms with Gasteiger partial charge < -0.3 is 14.2 Å². The van der Waals surface area contributed by atoms with Crippen LogP contribution < -0.4 is 14.2 Å². The fourth-order valence-electron chi connectivity index (χ4n) is 1.25. The predicted octanol–water partition coefficient (Wildman–Crippen LogP) is 2.33. The molecule has 0 bridgehead atoms. The molecule has 6 nitrogen and oxygen atoms in total. The predicted molar refractivity (Wildman–Crippen MR) is 64.5 cm³/mol. The van der Waals surface area contributed by atoms with E-state index >= 15 is 0 Å². The largest absolute Gasteiger partial charge is 0.493 e. The van der Waals surface area contributed by atoms with Crippen molar-refractivity contribution in [3.8, 4) is 23.5 Å². The molecule has 18 heavy (non-hydrogen) atoms. The van der Waals surface area contributed by atoms with Gasteiger partial charge in [0.25, 0.3) is 0 Å². The van der Waals surface area contributed by atoms with Crippen LogP contribution in [0.1, 0.15) is 0 Å². The van der Waals surface area contributed by atoms with Crippen LogP contribution >= 0.6 is 11.6 Å². The highest BCUT2D eigenvalue weighted by atomic mass is 35.5. The van der Waals surface area contributed by atoms with Crippen LogP contribution in [0.4, 0.5) is 0 Å². The van der Waals surface area contributed by atoms with Crippen LogP contribution in [0.5, 0.6) is 23.5 Å². The third kappa shape index (κ3) is 2.78. The van der Waals surface area contributed by atoms with Gasteiger partial charge in [0, 0.05) is 0 Å². The van der Waals surface area contributed by atoms with Gasteiger partial charge in [-0.15, -0.1) is 4.98 Å². The maximum atomic E-state index is 5.72. The molecule has 1 aromatic carbocycles. The molecule has 0 saturated carbocycles. The molecular weight excluding hydrogens is 258 g/mol. The molecule has 1 heterocycles. The number of aromatic nitrogens is 3. The lowest BCUT2D eigenvalue weighted by Gasteiger charge is -2.08. The topological polar surface area (TPSA) is 66.4 Å². The van der Waals surface area contributed by atoms with Gasteiger partial charge in [-0.2, -0.15) is 9.97 Å². The molecule has 94 valence electrons. The van der Waals surface area contributed by atoms with Crippen molar-refractivity contribution < 1.29 is 14.2 Å². The fraction of sp³-hybridized carbons (Fsp3) is 0.182. The van der Waals surface area contributed by atoms with Gasteiger partial charge in [0.05, 0.1) is 14.2 Å². The summed E-state index contributed by atoms with van der Waals surface area (Å²) in [6.45, 7) is 0. The number of hydrogen-bond donors (Lipinski definition) is 0. The summed E-state index contributed by atoms with van der Waals surface area (Å²) in [6.07, 6.45) is 0. The minimum atomic E-state index is -0.00764. The molecule has 0 aliphatic heterocycles. The quantitative estimate of drug-likeness (QED) is 0.847. The second kappa shape index (κ2) is 5.50. The monoisotopic (exact) mass is 267 g/mol. The SMILES string of the molecule is COc1nc(Cl)nc(Oc2ccccc2OC)n1. The number of rotatable bonds is 4. The highest BCUT2D eigenvalue weighted by molar-refractivity contribution is 6.28. The lowest BCUT2D eigenvalue weighted by Crippen LogP contribution is -1.99. The van der Waals surface area contributed by atoms with Crippen LogP contribution in [0.25, 0.3) is 0 Å². The van der Waals surface area contributed by atoms with E-state index in [2.05, 4.69) is 15.0 Å². The van der Waals surface area contributed by atoms with Crippen molar-refractivity contribution in [2.24, 2.45) is 0 Å². The Labute approximate surface area is 109 Å². The lowest BCUT2D eigenvalue weighted by molar-refractivity contribution is 0.345. The molecule has 0 aliphatic rings. The van der Waals surface area contributed by atoms with Crippen molar-refractivity contribution in [3.63, 3.8) is 0 Å². The standard InChI is InChI=1S/C11H10ClN3O3/c1-16-7-5-3-4-6-8(7)18-11-14-9(12)13-10(15-11)17-2/h3-6H,1-2H3. The molecule has 0 spiro atoms. The summed E-state index contributed by atoms with van der Waals surface area (Å²) in [5, 5.41) is -0.00764. The van der Waals surface area contributed by atoms with Crippen LogP contribution in [0.15, 0.2) is 24.3 Å². The molecule has 0 fully saturated rings. The summed E-state index contributed by atoms with van der Waals surface area (Å²) >= 11 is 5.72. The first-order valence-electron chi connectivity index (χ1n) is 4.99. The maximum Gasteiger partial charge on any atom is 0.329 e. The number of nitrogens with zero attached hydrogens (tertiary/aromatic N) is 3. The number of hydrogen-bond acceptors (Lipinski definition) is 6. The van der Waals surface area contributed by atoms with Crippen molar-refractivity contribution in [2.45, 2.75) is 0 Å². The minimum absolute atomic E-state index is 0.00764. The van der Waals surface area contributed by atoms with Gasteiger partial charge in [0.15, 0.2) is 11.5 Å². The van der Waals surface area contributed by atoms with Crippen molar-refractivity contribution in [1.82, 2.24) is 15.0 Å². The minimum Gasteiger partial charge on any atom is -0.493 e. The molecule has 7 heteroatoms. The summed E-state index contributed by atoms with van der Waals surface area (Å²) in [5.74, 6) is 1.04. The fourth-order valence-corrected chi connectivity index (χ4v) is 1.40. The van der Waals surface area contributed by atoms with E-state index in [4.69, 9.17) is 25.8 Å². The summed E-state index contributed by atoms with van der Waals surface area (Å²) in [4.78, 5) is 11.5. The first-order chi connectivity index (χ1) is 8.72. The van der Waals surface area contributed by atoms with E-state index in [-0.39, 0.29) is 17.3 Å². The Kier molecular flexibility index (Phi) is 3.78. The van der Waals surface area contributed by atoms with Crippen LogP contribution in [-0.4, -0.2) is 29.2 Å². The summed E-state index contributed by atoms with van der Waals surface area (Å²) < 4.78 is 15.5. The summed E-state index contributed by atoms with van der Waals surface area (Å²) in [5.41, 5.74) is 0. The number of para-hydroxylation sites is 2. The Hall–Kier alpha value is -2.08. The summed E-state index contributed by atoms with van der Waals surface area (Å²) in [6, 6.07) is 7.24. The highest BCUT2D eigenvalue weighted by Crippen LogP contribution is 2.29. The van der Waals surface area contributed by atoms with E-state index in [1.165, 1.54) is 7.11 Å². The Balaban J connectivity index is 2.30. The van der Waals surface area contributed by atoms with Crippen LogP contribution in [0.3, 0.4) is 0 Å². The van der Waals surface area contributed by atoms with E-state index in [0.717, 1.165) is 0 Å². The Morgan fingerprint density at radius 3 is 2.22 bits per heavy atom. The third-order valence-electron chi connectivity index (χ3n) is 2.02. The normalized spacial score (nSPS) is 9.94. The first kappa shape index (κ1) is 12.4. The number of methoxy groups -OCH3 is 2. The maximum absolute atomic E-state index is 5.72. The molecule has 2 aromatic rings. The lowest BCUT2D eigenvalue weighted by atomic mass is 10.3. The van der Waals surface area contributed by atoms with Gasteiger partial charge in [-0.05, 0) is 23.7 Å². The van der Waals surface area contributed by atoms with Gasteiger partial charge in [0.1, 0.15) is 0 Å². The van der Waals surface area contributed by atoms with E-state index in [1.54, 1.807) is 25.3 Å². The van der Waals surface area contributed by atoms with Crippen molar-refractivity contribution in [1.29, 1.82) is 0 Å². The second-order valence-electron chi connectivity index (χ2n) is 3.13. The van der Waals surface area contributed by atoms with E-state index in [0.29, 0.717) is 11.5 Å². The number of halogens is 1. The average Bonchev–Trinajstić information content (AvgIpc) is 2.38. The molecule has 0 saturated heterocycles. The molecule has 1 aromatic heterocycles. The number of ether oxygens (including phenoxy) is 3. The Bertz CT molecular complexity index is 551. The van der Waals surface area contributed by atoms with Crippen molar-refractivity contribution in [3.05, 3.63) is 29.5 Å². The van der Waals surface area contributed by atoms with Crippen LogP contribution in [-0.2, 0) is 0 Å². The Morgan fingerprint density at radius 1 is 0.889 bits per heavy atom.